The Morgan fingerprint density at radius 2 is 2.00 bits per heavy atom. The van der Waals surface area contributed by atoms with Crippen molar-refractivity contribution in [2.75, 3.05) is 5.32 Å². The fourth-order valence-corrected chi connectivity index (χ4v) is 1.53. The van der Waals surface area contributed by atoms with Crippen molar-refractivity contribution >= 4 is 28.0 Å². The molecule has 1 aromatic rings. The van der Waals surface area contributed by atoms with Crippen LogP contribution in [0.2, 0.25) is 0 Å². The number of nitrogens with one attached hydrogen (secondary N) is 1. The molecule has 0 aliphatic heterocycles. The maximum atomic E-state index is 12.3. The van der Waals surface area contributed by atoms with E-state index in [2.05, 4.69) is 21.2 Å². The lowest BCUT2D eigenvalue weighted by atomic mass is 10.2. The highest BCUT2D eigenvalue weighted by Crippen LogP contribution is 2.38. The van der Waals surface area contributed by atoms with Crippen LogP contribution in [0.3, 0.4) is 0 Å². The smallest absolute Gasteiger partial charge is 0.328 e. The molecule has 0 aliphatic rings. The number of rotatable bonds is 2. The van der Waals surface area contributed by atoms with Gasteiger partial charge >= 0.3 is 6.18 Å². The number of amides is 1. The normalized spacial score (nSPS) is 11.1. The average molecular weight is 268 g/mol. The van der Waals surface area contributed by atoms with Crippen molar-refractivity contribution in [2.24, 2.45) is 0 Å². The molecule has 0 spiro atoms. The zero-order valence-corrected chi connectivity index (χ0v) is 8.32. The molecule has 76 valence electrons. The molecule has 1 amide bonds. The van der Waals surface area contributed by atoms with Crippen LogP contribution in [0.5, 0.6) is 0 Å². The average Bonchev–Trinajstić information content (AvgIpc) is 2.07. The molecule has 1 aromatic carbocycles. The first-order chi connectivity index (χ1) is 6.46. The van der Waals surface area contributed by atoms with E-state index in [1.165, 1.54) is 12.1 Å². The second kappa shape index (κ2) is 4.00. The number of hydrogen-bond acceptors (Lipinski definition) is 1. The van der Waals surface area contributed by atoms with Crippen LogP contribution in [-0.2, 0) is 11.0 Å². The lowest BCUT2D eigenvalue weighted by Crippen LogP contribution is -2.07. The molecular formula is C8H5BrF3NO. The molecule has 0 atom stereocenters. The molecule has 0 saturated heterocycles. The first-order valence-electron chi connectivity index (χ1n) is 3.52. The summed E-state index contributed by atoms with van der Waals surface area (Å²) in [5, 5.41) is 2.16. The van der Waals surface area contributed by atoms with Gasteiger partial charge in [0.15, 0.2) is 0 Å². The van der Waals surface area contributed by atoms with Gasteiger partial charge < -0.3 is 5.32 Å². The minimum absolute atomic E-state index is 0.0924. The van der Waals surface area contributed by atoms with Crippen LogP contribution in [-0.4, -0.2) is 6.41 Å². The fraction of sp³-hybridized carbons (Fsp3) is 0.125. The van der Waals surface area contributed by atoms with Gasteiger partial charge in [0.25, 0.3) is 0 Å². The van der Waals surface area contributed by atoms with Gasteiger partial charge in [0.1, 0.15) is 0 Å². The molecule has 2 nitrogen and oxygen atoms in total. The predicted molar refractivity (Wildman–Crippen MR) is 48.8 cm³/mol. The molecule has 14 heavy (non-hydrogen) atoms. The van der Waals surface area contributed by atoms with E-state index in [1.807, 2.05) is 0 Å². The molecule has 0 aromatic heterocycles. The number of hydrogen-bond donors (Lipinski definition) is 1. The number of halogens is 4. The highest BCUT2D eigenvalue weighted by Gasteiger charge is 2.33. The van der Waals surface area contributed by atoms with E-state index < -0.39 is 11.7 Å². The van der Waals surface area contributed by atoms with Crippen LogP contribution in [0.15, 0.2) is 22.7 Å². The van der Waals surface area contributed by atoms with Gasteiger partial charge in [-0.15, -0.1) is 0 Å². The summed E-state index contributed by atoms with van der Waals surface area (Å²) in [5.41, 5.74) is -0.723. The quantitative estimate of drug-likeness (QED) is 0.820. The van der Waals surface area contributed by atoms with E-state index in [4.69, 9.17) is 0 Å². The van der Waals surface area contributed by atoms with Gasteiger partial charge in [-0.1, -0.05) is 6.07 Å². The zero-order valence-electron chi connectivity index (χ0n) is 6.73. The second-order valence-electron chi connectivity index (χ2n) is 2.43. The SMILES string of the molecule is O=CNc1cccc(C(F)(F)F)c1Br. The van der Waals surface area contributed by atoms with E-state index in [-0.39, 0.29) is 10.2 Å². The monoisotopic (exact) mass is 267 g/mol. The maximum Gasteiger partial charge on any atom is 0.417 e. The number of carbonyl (C=O) groups excluding carboxylic acids is 1. The van der Waals surface area contributed by atoms with Crippen molar-refractivity contribution < 1.29 is 18.0 Å². The van der Waals surface area contributed by atoms with Gasteiger partial charge in [-0.05, 0) is 28.1 Å². The molecule has 6 heteroatoms. The van der Waals surface area contributed by atoms with Crippen molar-refractivity contribution in [3.63, 3.8) is 0 Å². The van der Waals surface area contributed by atoms with Crippen molar-refractivity contribution in [2.45, 2.75) is 6.18 Å². The number of benzene rings is 1. The summed E-state index contributed by atoms with van der Waals surface area (Å²) in [5.74, 6) is 0. The summed E-state index contributed by atoms with van der Waals surface area (Å²) < 4.78 is 36.8. The van der Waals surface area contributed by atoms with Gasteiger partial charge in [-0.2, -0.15) is 13.2 Å². The van der Waals surface area contributed by atoms with E-state index in [1.54, 1.807) is 0 Å². The minimum atomic E-state index is -4.43. The minimum Gasteiger partial charge on any atom is -0.328 e. The first-order valence-corrected chi connectivity index (χ1v) is 4.32. The molecule has 1 rings (SSSR count). The van der Waals surface area contributed by atoms with Gasteiger partial charge in [0.2, 0.25) is 6.41 Å². The Morgan fingerprint density at radius 1 is 1.36 bits per heavy atom. The van der Waals surface area contributed by atoms with Gasteiger partial charge in [0, 0.05) is 0 Å². The largest absolute Gasteiger partial charge is 0.417 e. The third-order valence-corrected chi connectivity index (χ3v) is 2.37. The Morgan fingerprint density at radius 3 is 2.50 bits per heavy atom. The summed E-state index contributed by atoms with van der Waals surface area (Å²) in [4.78, 5) is 10.1. The highest BCUT2D eigenvalue weighted by molar-refractivity contribution is 9.10. The number of anilines is 1. The Hall–Kier alpha value is -1.04. The van der Waals surface area contributed by atoms with Crippen LogP contribution in [0, 0.1) is 0 Å². The Kier molecular flexibility index (Phi) is 3.15. The van der Waals surface area contributed by atoms with Crippen LogP contribution in [0.25, 0.3) is 0 Å². The summed E-state index contributed by atoms with van der Waals surface area (Å²) in [6.45, 7) is 0. The van der Waals surface area contributed by atoms with E-state index in [0.717, 1.165) is 6.07 Å². The molecule has 0 radical (unpaired) electrons. The first kappa shape index (κ1) is 11.0. The van der Waals surface area contributed by atoms with E-state index >= 15 is 0 Å². The zero-order chi connectivity index (χ0) is 10.8. The second-order valence-corrected chi connectivity index (χ2v) is 3.22. The Labute approximate surface area is 86.2 Å². The lowest BCUT2D eigenvalue weighted by Gasteiger charge is -2.11. The lowest BCUT2D eigenvalue weighted by molar-refractivity contribution is -0.138. The summed E-state index contributed by atoms with van der Waals surface area (Å²) in [6.07, 6.45) is -4.11. The Bertz CT molecular complexity index is 351. The van der Waals surface area contributed by atoms with Crippen molar-refractivity contribution in [1.82, 2.24) is 0 Å². The third kappa shape index (κ3) is 2.25. The van der Waals surface area contributed by atoms with Crippen molar-refractivity contribution in [3.8, 4) is 0 Å². The van der Waals surface area contributed by atoms with Gasteiger partial charge in [-0.3, -0.25) is 4.79 Å². The molecule has 0 aliphatic carbocycles. The van der Waals surface area contributed by atoms with Crippen LogP contribution >= 0.6 is 15.9 Å². The predicted octanol–water partition coefficient (Wildman–Crippen LogP) is 3.04. The maximum absolute atomic E-state index is 12.3. The molecule has 0 saturated carbocycles. The summed E-state index contributed by atoms with van der Waals surface area (Å²) in [6, 6.07) is 3.52. The summed E-state index contributed by atoms with van der Waals surface area (Å²) in [7, 11) is 0. The number of carbonyl (C=O) groups is 1. The highest BCUT2D eigenvalue weighted by atomic mass is 79.9. The summed E-state index contributed by atoms with van der Waals surface area (Å²) >= 11 is 2.78. The van der Waals surface area contributed by atoms with E-state index in [0.29, 0.717) is 6.41 Å². The Balaban J connectivity index is 3.20. The molecule has 0 bridgehead atoms. The van der Waals surface area contributed by atoms with Crippen LogP contribution in [0.1, 0.15) is 5.56 Å². The van der Waals surface area contributed by atoms with Crippen LogP contribution < -0.4 is 5.32 Å². The van der Waals surface area contributed by atoms with Gasteiger partial charge in [0.05, 0.1) is 15.7 Å². The fourth-order valence-electron chi connectivity index (χ4n) is 0.926. The van der Waals surface area contributed by atoms with E-state index in [9.17, 15) is 18.0 Å². The number of alkyl halides is 3. The van der Waals surface area contributed by atoms with Crippen molar-refractivity contribution in [3.05, 3.63) is 28.2 Å². The van der Waals surface area contributed by atoms with Crippen molar-refractivity contribution in [1.29, 1.82) is 0 Å². The molecule has 0 unspecified atom stereocenters. The molecule has 0 fully saturated rings. The third-order valence-electron chi connectivity index (χ3n) is 1.52. The topological polar surface area (TPSA) is 29.1 Å². The van der Waals surface area contributed by atoms with Gasteiger partial charge in [-0.25, -0.2) is 0 Å². The van der Waals surface area contributed by atoms with Crippen LogP contribution in [0.4, 0.5) is 18.9 Å². The standard InChI is InChI=1S/C8H5BrF3NO/c9-7-5(8(10,11)12)2-1-3-6(7)13-4-14/h1-4H,(H,13,14). The molecule has 1 N–H and O–H groups in total. The molecule has 0 heterocycles. The molecular weight excluding hydrogens is 263 g/mol.